The number of benzene rings is 3. The van der Waals surface area contributed by atoms with Crippen LogP contribution in [0.5, 0.6) is 17.2 Å². The van der Waals surface area contributed by atoms with E-state index in [1.807, 2.05) is 6.07 Å². The van der Waals surface area contributed by atoms with Gasteiger partial charge in [0.15, 0.2) is 0 Å². The summed E-state index contributed by atoms with van der Waals surface area (Å²) < 4.78 is 90.7. The molecule has 6 rings (SSSR count). The fourth-order valence-corrected chi connectivity index (χ4v) is 7.35. The zero-order valence-electron chi connectivity index (χ0n) is 24.9. The summed E-state index contributed by atoms with van der Waals surface area (Å²) in [4.78, 5) is 11.7. The zero-order valence-corrected chi connectivity index (χ0v) is 25.7. The lowest BCUT2D eigenvalue weighted by molar-refractivity contribution is -0.141. The van der Waals surface area contributed by atoms with Crippen LogP contribution in [0.2, 0.25) is 0 Å². The topological polar surface area (TPSA) is 91.4 Å². The quantitative estimate of drug-likeness (QED) is 0.267. The number of hydrogen-bond donors (Lipinski definition) is 0. The molecule has 0 radical (unpaired) electrons. The Morgan fingerprint density at radius 3 is 2.31 bits per heavy atom. The van der Waals surface area contributed by atoms with E-state index in [-0.39, 0.29) is 30.0 Å². The molecule has 0 bridgehead atoms. The lowest BCUT2D eigenvalue weighted by atomic mass is 9.91. The number of methoxy groups -OCH3 is 1. The van der Waals surface area contributed by atoms with Crippen LogP contribution in [-0.4, -0.2) is 57.9 Å². The average molecular weight is 646 g/mol. The molecule has 3 aromatic rings. The van der Waals surface area contributed by atoms with Crippen molar-refractivity contribution in [2.24, 2.45) is 0 Å². The van der Waals surface area contributed by atoms with Gasteiger partial charge in [0.05, 0.1) is 32.0 Å². The molecule has 3 aromatic carbocycles. The molecule has 1 saturated heterocycles. The van der Waals surface area contributed by atoms with Gasteiger partial charge in [-0.3, -0.25) is 4.79 Å². The van der Waals surface area contributed by atoms with Crippen LogP contribution in [0.1, 0.15) is 60.0 Å². The van der Waals surface area contributed by atoms with E-state index in [9.17, 15) is 26.4 Å². The van der Waals surface area contributed by atoms with Crippen LogP contribution in [0, 0.1) is 0 Å². The molecular weight excluding hydrogens is 611 g/mol. The normalized spacial score (nSPS) is 20.3. The van der Waals surface area contributed by atoms with Crippen LogP contribution in [-0.2, 0) is 32.2 Å². The van der Waals surface area contributed by atoms with Crippen molar-refractivity contribution in [3.63, 3.8) is 0 Å². The van der Waals surface area contributed by atoms with Crippen molar-refractivity contribution in [1.82, 2.24) is 4.31 Å². The highest BCUT2D eigenvalue weighted by molar-refractivity contribution is 7.88. The molecule has 1 fully saturated rings. The van der Waals surface area contributed by atoms with Crippen LogP contribution < -0.4 is 14.2 Å². The summed E-state index contributed by atoms with van der Waals surface area (Å²) in [6, 6.07) is 14.7. The predicted octanol–water partition coefficient (Wildman–Crippen LogP) is 6.28. The van der Waals surface area contributed by atoms with Gasteiger partial charge in [-0.1, -0.05) is 24.3 Å². The third kappa shape index (κ3) is 6.62. The first-order chi connectivity index (χ1) is 21.4. The van der Waals surface area contributed by atoms with Crippen molar-refractivity contribution >= 4 is 16.0 Å². The predicted molar refractivity (Wildman–Crippen MR) is 160 cm³/mol. The standard InChI is InChI=1S/C33H34F3NO7S/c1-41-31(38)17-21-19-42-30-18-24(7-8-25(21)30)44-29-12-10-27-26(29)9-11-28(33(34,35)36)32(27)20-3-5-22(6-4-20)43-23-13-15-37(16-14-23)45(2,39)40/h3-9,11,18,21,23,29H,10,12-17,19H2,1-2H3/t21-,29-/m1/s1. The molecule has 45 heavy (non-hydrogen) atoms. The summed E-state index contributed by atoms with van der Waals surface area (Å²) >= 11 is 0. The van der Waals surface area contributed by atoms with Gasteiger partial charge in [0, 0.05) is 30.6 Å². The summed E-state index contributed by atoms with van der Waals surface area (Å²) in [5, 5.41) is 0. The van der Waals surface area contributed by atoms with E-state index in [1.54, 1.807) is 36.4 Å². The van der Waals surface area contributed by atoms with Crippen molar-refractivity contribution < 1.29 is 45.3 Å². The summed E-state index contributed by atoms with van der Waals surface area (Å²) in [6.07, 6.45) is -1.78. The maximum atomic E-state index is 14.3. The van der Waals surface area contributed by atoms with E-state index in [1.165, 1.54) is 23.7 Å². The molecule has 1 aliphatic carbocycles. The second kappa shape index (κ2) is 12.2. The first-order valence-electron chi connectivity index (χ1n) is 14.9. The number of ether oxygens (including phenoxy) is 4. The number of hydrogen-bond acceptors (Lipinski definition) is 7. The van der Waals surface area contributed by atoms with Gasteiger partial charge in [-0.2, -0.15) is 13.2 Å². The Balaban J connectivity index is 1.21. The maximum absolute atomic E-state index is 14.3. The van der Waals surface area contributed by atoms with Crippen molar-refractivity contribution in [3.05, 3.63) is 76.9 Å². The number of carbonyl (C=O) groups excluding carboxylic acids is 1. The molecule has 0 aromatic heterocycles. The minimum Gasteiger partial charge on any atom is -0.492 e. The molecule has 240 valence electrons. The second-order valence-corrected chi connectivity index (χ2v) is 13.7. The van der Waals surface area contributed by atoms with Gasteiger partial charge < -0.3 is 18.9 Å². The van der Waals surface area contributed by atoms with E-state index in [0.29, 0.717) is 79.3 Å². The first kappa shape index (κ1) is 31.2. The number of halogens is 3. The Morgan fingerprint density at radius 1 is 0.956 bits per heavy atom. The van der Waals surface area contributed by atoms with Crippen LogP contribution in [0.4, 0.5) is 13.2 Å². The maximum Gasteiger partial charge on any atom is 0.417 e. The molecule has 0 unspecified atom stereocenters. The molecular formula is C33H34F3NO7S. The first-order valence-corrected chi connectivity index (χ1v) is 16.7. The third-order valence-corrected chi connectivity index (χ3v) is 10.1. The summed E-state index contributed by atoms with van der Waals surface area (Å²) in [5.74, 6) is 1.25. The van der Waals surface area contributed by atoms with E-state index in [4.69, 9.17) is 18.9 Å². The van der Waals surface area contributed by atoms with E-state index >= 15 is 0 Å². The monoisotopic (exact) mass is 645 g/mol. The molecule has 2 heterocycles. The van der Waals surface area contributed by atoms with Crippen LogP contribution >= 0.6 is 0 Å². The highest BCUT2D eigenvalue weighted by Gasteiger charge is 2.38. The van der Waals surface area contributed by atoms with Crippen LogP contribution in [0.25, 0.3) is 11.1 Å². The summed E-state index contributed by atoms with van der Waals surface area (Å²) in [5.41, 5.74) is 2.08. The van der Waals surface area contributed by atoms with Crippen molar-refractivity contribution in [3.8, 4) is 28.4 Å². The molecule has 0 amide bonds. The van der Waals surface area contributed by atoms with E-state index < -0.39 is 27.9 Å². The smallest absolute Gasteiger partial charge is 0.417 e. The lowest BCUT2D eigenvalue weighted by Gasteiger charge is -2.30. The largest absolute Gasteiger partial charge is 0.492 e. The Morgan fingerprint density at radius 2 is 1.64 bits per heavy atom. The Labute approximate surface area is 260 Å². The molecule has 0 spiro atoms. The highest BCUT2D eigenvalue weighted by atomic mass is 32.2. The molecule has 12 heteroatoms. The Kier molecular flexibility index (Phi) is 8.47. The molecule has 0 N–H and O–H groups in total. The molecule has 8 nitrogen and oxygen atoms in total. The van der Waals surface area contributed by atoms with Gasteiger partial charge in [-0.15, -0.1) is 0 Å². The molecule has 2 atom stereocenters. The Bertz CT molecular complexity index is 1680. The number of piperidine rings is 1. The fourth-order valence-electron chi connectivity index (χ4n) is 6.48. The van der Waals surface area contributed by atoms with Gasteiger partial charge in [-0.25, -0.2) is 12.7 Å². The minimum atomic E-state index is -4.55. The number of esters is 1. The van der Waals surface area contributed by atoms with E-state index in [2.05, 4.69) is 0 Å². The third-order valence-electron chi connectivity index (χ3n) is 8.76. The average Bonchev–Trinajstić information content (AvgIpc) is 3.60. The fraction of sp³-hybridized carbons (Fsp3) is 0.424. The number of alkyl halides is 3. The summed E-state index contributed by atoms with van der Waals surface area (Å²) in [7, 11) is -1.91. The molecule has 2 aliphatic heterocycles. The Hall–Kier alpha value is -3.77. The zero-order chi connectivity index (χ0) is 31.9. The van der Waals surface area contributed by atoms with Gasteiger partial charge in [0.1, 0.15) is 29.5 Å². The lowest BCUT2D eigenvalue weighted by Crippen LogP contribution is -2.41. The van der Waals surface area contributed by atoms with Crippen LogP contribution in [0.3, 0.4) is 0 Å². The SMILES string of the molecule is COC(=O)C[C@@H]1COc2cc(O[C@@H]3CCc4c3ccc(C(F)(F)F)c4-c3ccc(OC4CCN(S(C)(=O)=O)CC4)cc3)ccc21. The molecule has 0 saturated carbocycles. The second-order valence-electron chi connectivity index (χ2n) is 11.7. The number of carbonyl (C=O) groups is 1. The molecule has 3 aliphatic rings. The van der Waals surface area contributed by atoms with Gasteiger partial charge >= 0.3 is 12.1 Å². The van der Waals surface area contributed by atoms with Crippen LogP contribution in [0.15, 0.2) is 54.6 Å². The number of rotatable bonds is 8. The van der Waals surface area contributed by atoms with E-state index in [0.717, 1.165) is 11.6 Å². The van der Waals surface area contributed by atoms with Crippen molar-refractivity contribution in [2.75, 3.05) is 33.1 Å². The number of nitrogens with zero attached hydrogens (tertiary/aromatic N) is 1. The van der Waals surface area contributed by atoms with Crippen molar-refractivity contribution in [1.29, 1.82) is 0 Å². The van der Waals surface area contributed by atoms with Gasteiger partial charge in [0.2, 0.25) is 10.0 Å². The van der Waals surface area contributed by atoms with Crippen molar-refractivity contribution in [2.45, 2.75) is 56.4 Å². The minimum absolute atomic E-state index is 0.109. The summed E-state index contributed by atoms with van der Waals surface area (Å²) in [6.45, 7) is 1.09. The number of fused-ring (bicyclic) bond motifs is 2. The number of sulfonamides is 1. The van der Waals surface area contributed by atoms with Gasteiger partial charge in [0.25, 0.3) is 0 Å². The van der Waals surface area contributed by atoms with Gasteiger partial charge in [-0.05, 0) is 72.2 Å². The highest BCUT2D eigenvalue weighted by Crippen LogP contribution is 2.47.